The van der Waals surface area contributed by atoms with Crippen LogP contribution in [0.25, 0.3) is 0 Å². The summed E-state index contributed by atoms with van der Waals surface area (Å²) in [5.41, 5.74) is 0. The fourth-order valence-corrected chi connectivity index (χ4v) is 6.02. The number of quaternary nitrogens is 1. The van der Waals surface area contributed by atoms with Crippen molar-refractivity contribution in [3.8, 4) is 0 Å². The molecule has 0 aromatic rings. The van der Waals surface area contributed by atoms with Gasteiger partial charge in [0.1, 0.15) is 0 Å². The molecule has 0 aliphatic rings. The Balaban J connectivity index is 4.34. The molecule has 0 radical (unpaired) electrons. The second-order valence-electron chi connectivity index (χ2n) is 14.0. The zero-order valence-corrected chi connectivity index (χ0v) is 29.8. The Hall–Kier alpha value is -1.89. The highest BCUT2D eigenvalue weighted by Crippen LogP contribution is 2.22. The summed E-state index contributed by atoms with van der Waals surface area (Å²) in [4.78, 5) is 34.6. The Morgan fingerprint density at radius 1 is 0.467 bits per heavy atom. The summed E-state index contributed by atoms with van der Waals surface area (Å²) in [6.45, 7) is 10.2. The van der Waals surface area contributed by atoms with E-state index in [-0.39, 0.29) is 0 Å². The fourth-order valence-electron chi connectivity index (χ4n) is 6.02. The predicted octanol–water partition coefficient (Wildman–Crippen LogP) is 10.1. The van der Waals surface area contributed by atoms with Crippen LogP contribution < -0.4 is 0 Å². The molecule has 45 heavy (non-hydrogen) atoms. The lowest BCUT2D eigenvalue weighted by atomic mass is 10.0. The maximum Gasteiger partial charge on any atom is 0.306 e. The highest BCUT2D eigenvalue weighted by atomic mass is 16.4. The number of hydrogen-bond acceptors (Lipinski definition) is 3. The first-order chi connectivity index (χ1) is 21.5. The number of hydrogen-bond donors (Lipinski definition) is 3. The normalized spacial score (nSPS) is 15.1. The first-order valence-electron chi connectivity index (χ1n) is 18.7. The van der Waals surface area contributed by atoms with E-state index in [1.807, 2.05) is 0 Å². The van der Waals surface area contributed by atoms with Gasteiger partial charge in [-0.2, -0.15) is 0 Å². The monoisotopic (exact) mass is 639 g/mol. The van der Waals surface area contributed by atoms with Gasteiger partial charge in [-0.05, 0) is 38.5 Å². The van der Waals surface area contributed by atoms with Gasteiger partial charge in [0.15, 0.2) is 0 Å². The minimum absolute atomic E-state index is 0.479. The van der Waals surface area contributed by atoms with Crippen LogP contribution in [0.3, 0.4) is 0 Å². The van der Waals surface area contributed by atoms with Gasteiger partial charge >= 0.3 is 17.9 Å². The van der Waals surface area contributed by atoms with Gasteiger partial charge in [0.25, 0.3) is 0 Å². The molecule has 0 aliphatic carbocycles. The van der Waals surface area contributed by atoms with Gasteiger partial charge in [0, 0.05) is 19.3 Å². The highest BCUT2D eigenvalue weighted by Gasteiger charge is 2.31. The number of carboxylic acids is 3. The number of carboxylic acid groups (broad SMARTS) is 3. The van der Waals surface area contributed by atoms with E-state index in [0.717, 1.165) is 19.4 Å². The van der Waals surface area contributed by atoms with Gasteiger partial charge < -0.3 is 19.8 Å². The Bertz CT molecular complexity index is 722. The van der Waals surface area contributed by atoms with Crippen LogP contribution in [-0.2, 0) is 14.4 Å². The molecule has 0 amide bonds. The molecule has 0 aromatic heterocycles. The molecule has 0 spiro atoms. The summed E-state index contributed by atoms with van der Waals surface area (Å²) in [6.07, 6.45) is 30.7. The van der Waals surface area contributed by atoms with Crippen LogP contribution in [0.15, 0.2) is 12.2 Å². The molecular formula is C38H72NO6+. The lowest BCUT2D eigenvalue weighted by Gasteiger charge is -2.40. The van der Waals surface area contributed by atoms with Gasteiger partial charge in [0.2, 0.25) is 0 Å². The largest absolute Gasteiger partial charge is 0.481 e. The number of nitrogens with zero attached hydrogens (tertiary/aromatic N) is 1. The molecule has 3 atom stereocenters. The molecule has 3 unspecified atom stereocenters. The van der Waals surface area contributed by atoms with Gasteiger partial charge in [-0.15, -0.1) is 0 Å². The third kappa shape index (κ3) is 24.9. The Labute approximate surface area is 276 Å². The van der Waals surface area contributed by atoms with Crippen molar-refractivity contribution in [3.63, 3.8) is 0 Å². The fraction of sp³-hybridized carbons (Fsp3) is 0.868. The summed E-state index contributed by atoms with van der Waals surface area (Å²) in [6, 6.07) is 0. The van der Waals surface area contributed by atoms with E-state index in [1.165, 1.54) is 109 Å². The van der Waals surface area contributed by atoms with Crippen molar-refractivity contribution in [1.29, 1.82) is 0 Å². The van der Waals surface area contributed by atoms with E-state index < -0.39 is 35.7 Å². The van der Waals surface area contributed by atoms with Crippen molar-refractivity contribution in [3.05, 3.63) is 12.2 Å². The van der Waals surface area contributed by atoms with Gasteiger partial charge in [0.05, 0.1) is 43.9 Å². The molecule has 0 fully saturated rings. The van der Waals surface area contributed by atoms with Crippen LogP contribution in [0, 0.1) is 17.8 Å². The van der Waals surface area contributed by atoms with Crippen molar-refractivity contribution in [2.45, 2.75) is 169 Å². The third-order valence-corrected chi connectivity index (χ3v) is 9.77. The minimum Gasteiger partial charge on any atom is -0.481 e. The van der Waals surface area contributed by atoms with Crippen molar-refractivity contribution in [1.82, 2.24) is 0 Å². The average Bonchev–Trinajstić information content (AvgIpc) is 3.01. The van der Waals surface area contributed by atoms with E-state index in [1.54, 1.807) is 20.8 Å². The molecule has 0 aliphatic heterocycles. The van der Waals surface area contributed by atoms with Crippen LogP contribution >= 0.6 is 0 Å². The Morgan fingerprint density at radius 2 is 0.756 bits per heavy atom. The van der Waals surface area contributed by atoms with Gasteiger partial charge in [-0.1, -0.05) is 123 Å². The summed E-state index contributed by atoms with van der Waals surface area (Å²) >= 11 is 0. The molecule has 0 saturated heterocycles. The van der Waals surface area contributed by atoms with Crippen molar-refractivity contribution < 1.29 is 34.2 Å². The number of unbranched alkanes of at least 4 members (excludes halogenated alkanes) is 17. The summed E-state index contributed by atoms with van der Waals surface area (Å²) in [5, 5.41) is 28.4. The van der Waals surface area contributed by atoms with Gasteiger partial charge in [-0.25, -0.2) is 0 Å². The van der Waals surface area contributed by atoms with Crippen LogP contribution in [-0.4, -0.2) is 63.9 Å². The van der Waals surface area contributed by atoms with Crippen molar-refractivity contribution >= 4 is 17.9 Å². The Morgan fingerprint density at radius 3 is 1.07 bits per heavy atom. The standard InChI is InChI=1S/C38H71NO6/c1-5-6-7-8-9-10-11-12-13-14-15-16-17-18-19-20-21-22-23-24-25-29-39(30-26-33(2)36(40)41,31-27-34(3)37(42)43)32-28-35(4)38(44)45/h11-12,33-35H,5-10,13-32H2,1-4H3,(H2-,40,41,42,43,44,45)/p+1/b12-11+. The van der Waals surface area contributed by atoms with E-state index >= 15 is 0 Å². The molecule has 0 aromatic carbocycles. The molecule has 7 heteroatoms. The van der Waals surface area contributed by atoms with Crippen LogP contribution in [0.1, 0.15) is 169 Å². The molecular weight excluding hydrogens is 566 g/mol. The highest BCUT2D eigenvalue weighted by molar-refractivity contribution is 5.70. The van der Waals surface area contributed by atoms with E-state index in [9.17, 15) is 29.7 Å². The molecule has 0 rings (SSSR count). The quantitative estimate of drug-likeness (QED) is 0.0375. The lowest BCUT2D eigenvalue weighted by molar-refractivity contribution is -0.929. The molecule has 3 N–H and O–H groups in total. The second kappa shape index (κ2) is 28.3. The number of carbonyl (C=O) groups is 3. The maximum atomic E-state index is 11.5. The first kappa shape index (κ1) is 43.1. The number of allylic oxidation sites excluding steroid dienone is 2. The summed E-state index contributed by atoms with van der Waals surface area (Å²) in [7, 11) is 0. The van der Waals surface area contributed by atoms with Gasteiger partial charge in [-0.3, -0.25) is 14.4 Å². The third-order valence-electron chi connectivity index (χ3n) is 9.77. The molecule has 0 bridgehead atoms. The SMILES string of the molecule is CCCCCCC/C=C/CCCCCCCCCCCCCC[N+](CCC(C)C(=O)O)(CCC(C)C(=O)O)CCC(C)C(=O)O. The number of rotatable bonds is 33. The van der Waals surface area contributed by atoms with Crippen molar-refractivity contribution in [2.24, 2.45) is 17.8 Å². The maximum absolute atomic E-state index is 11.5. The minimum atomic E-state index is -0.822. The van der Waals surface area contributed by atoms with E-state index in [0.29, 0.717) is 43.4 Å². The first-order valence-corrected chi connectivity index (χ1v) is 18.7. The van der Waals surface area contributed by atoms with Crippen LogP contribution in [0.2, 0.25) is 0 Å². The Kier molecular flexibility index (Phi) is 27.2. The average molecular weight is 639 g/mol. The topological polar surface area (TPSA) is 112 Å². The zero-order valence-electron chi connectivity index (χ0n) is 29.8. The lowest BCUT2D eigenvalue weighted by Crippen LogP contribution is -2.52. The second-order valence-corrected chi connectivity index (χ2v) is 14.0. The zero-order chi connectivity index (χ0) is 33.8. The molecule has 264 valence electrons. The molecule has 0 heterocycles. The summed E-state index contributed by atoms with van der Waals surface area (Å²) < 4.78 is 0.613. The van der Waals surface area contributed by atoms with Crippen LogP contribution in [0.4, 0.5) is 0 Å². The molecule has 0 saturated carbocycles. The van der Waals surface area contributed by atoms with E-state index in [4.69, 9.17) is 0 Å². The van der Waals surface area contributed by atoms with Crippen molar-refractivity contribution in [2.75, 3.05) is 26.2 Å². The summed E-state index contributed by atoms with van der Waals surface area (Å²) in [5.74, 6) is -3.90. The predicted molar refractivity (Wildman–Crippen MR) is 187 cm³/mol. The van der Waals surface area contributed by atoms with E-state index in [2.05, 4.69) is 19.1 Å². The smallest absolute Gasteiger partial charge is 0.306 e. The van der Waals surface area contributed by atoms with Crippen LogP contribution in [0.5, 0.6) is 0 Å². The molecule has 7 nitrogen and oxygen atoms in total. The number of aliphatic carboxylic acids is 3.